The second kappa shape index (κ2) is 3.43. The lowest BCUT2D eigenvalue weighted by Crippen LogP contribution is -2.19. The fourth-order valence-corrected chi connectivity index (χ4v) is 1.75. The van der Waals surface area contributed by atoms with E-state index in [4.69, 9.17) is 4.42 Å². The molecular formula is C12H19NO. The van der Waals surface area contributed by atoms with Crippen molar-refractivity contribution in [2.75, 3.05) is 0 Å². The molecule has 0 amide bonds. The van der Waals surface area contributed by atoms with Gasteiger partial charge in [-0.2, -0.15) is 0 Å². The van der Waals surface area contributed by atoms with Gasteiger partial charge in [-0.3, -0.25) is 0 Å². The van der Waals surface area contributed by atoms with E-state index in [1.54, 1.807) is 0 Å². The van der Waals surface area contributed by atoms with Crippen molar-refractivity contribution in [3.8, 4) is 0 Å². The highest BCUT2D eigenvalue weighted by Crippen LogP contribution is 2.44. The molecule has 1 N–H and O–H groups in total. The van der Waals surface area contributed by atoms with Crippen molar-refractivity contribution in [2.24, 2.45) is 5.41 Å². The Balaban J connectivity index is 1.81. The van der Waals surface area contributed by atoms with Crippen LogP contribution in [0.25, 0.3) is 0 Å². The van der Waals surface area contributed by atoms with Crippen LogP contribution in [-0.2, 0) is 13.0 Å². The molecule has 2 nitrogen and oxygen atoms in total. The van der Waals surface area contributed by atoms with E-state index in [-0.39, 0.29) is 0 Å². The maximum absolute atomic E-state index is 5.62. The first-order chi connectivity index (χ1) is 6.62. The standard InChI is InChI=1S/C12H19NO/c1-4-9-5-6-10(14-9)8-13-11-7-12(11,2)3/h5-6,11,13H,4,7-8H2,1-3H3. The molecule has 78 valence electrons. The fraction of sp³-hybridized carbons (Fsp3) is 0.667. The van der Waals surface area contributed by atoms with E-state index in [0.29, 0.717) is 11.5 Å². The Morgan fingerprint density at radius 1 is 1.43 bits per heavy atom. The molecule has 1 heterocycles. The number of hydrogen-bond donors (Lipinski definition) is 1. The summed E-state index contributed by atoms with van der Waals surface area (Å²) in [5.41, 5.74) is 0.500. The molecule has 0 saturated heterocycles. The maximum atomic E-state index is 5.62. The smallest absolute Gasteiger partial charge is 0.117 e. The third-order valence-corrected chi connectivity index (χ3v) is 3.10. The van der Waals surface area contributed by atoms with Gasteiger partial charge in [0.05, 0.1) is 6.54 Å². The van der Waals surface area contributed by atoms with Gasteiger partial charge in [-0.15, -0.1) is 0 Å². The molecule has 1 atom stereocenters. The highest BCUT2D eigenvalue weighted by Gasteiger charge is 2.45. The molecule has 2 heteroatoms. The Morgan fingerprint density at radius 3 is 2.57 bits per heavy atom. The van der Waals surface area contributed by atoms with E-state index in [1.807, 2.05) is 0 Å². The van der Waals surface area contributed by atoms with Gasteiger partial charge >= 0.3 is 0 Å². The van der Waals surface area contributed by atoms with E-state index in [2.05, 4.69) is 38.2 Å². The maximum Gasteiger partial charge on any atom is 0.117 e. The van der Waals surface area contributed by atoms with Crippen molar-refractivity contribution in [1.29, 1.82) is 0 Å². The average molecular weight is 193 g/mol. The van der Waals surface area contributed by atoms with E-state index < -0.39 is 0 Å². The minimum atomic E-state index is 0.500. The third-order valence-electron chi connectivity index (χ3n) is 3.10. The molecule has 0 radical (unpaired) electrons. The summed E-state index contributed by atoms with van der Waals surface area (Å²) in [4.78, 5) is 0. The highest BCUT2D eigenvalue weighted by molar-refractivity contribution is 5.08. The molecule has 1 aliphatic carbocycles. The van der Waals surface area contributed by atoms with Crippen molar-refractivity contribution in [1.82, 2.24) is 5.32 Å². The topological polar surface area (TPSA) is 25.2 Å². The first kappa shape index (κ1) is 9.78. The van der Waals surface area contributed by atoms with Crippen LogP contribution in [0.2, 0.25) is 0 Å². The number of nitrogens with one attached hydrogen (secondary N) is 1. The van der Waals surface area contributed by atoms with Crippen LogP contribution >= 0.6 is 0 Å². The predicted octanol–water partition coefficient (Wildman–Crippen LogP) is 2.73. The van der Waals surface area contributed by atoms with Crippen molar-refractivity contribution in [3.05, 3.63) is 23.7 Å². The minimum Gasteiger partial charge on any atom is -0.465 e. The average Bonchev–Trinajstić information content (AvgIpc) is 2.62. The fourth-order valence-electron chi connectivity index (χ4n) is 1.75. The summed E-state index contributed by atoms with van der Waals surface area (Å²) < 4.78 is 5.62. The molecule has 14 heavy (non-hydrogen) atoms. The highest BCUT2D eigenvalue weighted by atomic mass is 16.3. The molecular weight excluding hydrogens is 174 g/mol. The van der Waals surface area contributed by atoms with Gasteiger partial charge in [0.1, 0.15) is 11.5 Å². The van der Waals surface area contributed by atoms with Crippen molar-refractivity contribution in [2.45, 2.75) is 46.2 Å². The molecule has 1 fully saturated rings. The van der Waals surface area contributed by atoms with Crippen LogP contribution in [0, 0.1) is 5.41 Å². The molecule has 1 unspecified atom stereocenters. The predicted molar refractivity (Wildman–Crippen MR) is 57.1 cm³/mol. The summed E-state index contributed by atoms with van der Waals surface area (Å²) >= 11 is 0. The Hall–Kier alpha value is -0.760. The van der Waals surface area contributed by atoms with E-state index in [9.17, 15) is 0 Å². The van der Waals surface area contributed by atoms with Crippen LogP contribution < -0.4 is 5.32 Å². The van der Waals surface area contributed by atoms with Gasteiger partial charge in [0.15, 0.2) is 0 Å². The van der Waals surface area contributed by atoms with Crippen LogP contribution in [-0.4, -0.2) is 6.04 Å². The molecule has 0 aromatic carbocycles. The monoisotopic (exact) mass is 193 g/mol. The van der Waals surface area contributed by atoms with Crippen LogP contribution in [0.1, 0.15) is 38.7 Å². The Labute approximate surface area is 85.7 Å². The lowest BCUT2D eigenvalue weighted by atomic mass is 10.2. The second-order valence-corrected chi connectivity index (χ2v) is 4.85. The number of hydrogen-bond acceptors (Lipinski definition) is 2. The zero-order valence-electron chi connectivity index (χ0n) is 9.26. The summed E-state index contributed by atoms with van der Waals surface area (Å²) in [5, 5.41) is 3.51. The van der Waals surface area contributed by atoms with Gasteiger partial charge < -0.3 is 9.73 Å². The van der Waals surface area contributed by atoms with Gasteiger partial charge in [0.25, 0.3) is 0 Å². The summed E-state index contributed by atoms with van der Waals surface area (Å²) in [7, 11) is 0. The molecule has 1 aromatic rings. The Kier molecular flexibility index (Phi) is 2.40. The molecule has 1 aromatic heterocycles. The summed E-state index contributed by atoms with van der Waals surface area (Å²) in [6, 6.07) is 4.81. The van der Waals surface area contributed by atoms with Gasteiger partial charge in [-0.1, -0.05) is 20.8 Å². The number of aryl methyl sites for hydroxylation is 1. The lowest BCUT2D eigenvalue weighted by molar-refractivity contribution is 0.438. The normalized spacial score (nSPS) is 23.8. The van der Waals surface area contributed by atoms with Crippen LogP contribution in [0.15, 0.2) is 16.5 Å². The van der Waals surface area contributed by atoms with E-state index in [1.165, 1.54) is 6.42 Å². The van der Waals surface area contributed by atoms with Crippen LogP contribution in [0.5, 0.6) is 0 Å². The molecule has 0 spiro atoms. The van der Waals surface area contributed by atoms with Gasteiger partial charge in [-0.25, -0.2) is 0 Å². The molecule has 1 saturated carbocycles. The summed E-state index contributed by atoms with van der Waals surface area (Å²) in [5.74, 6) is 2.14. The van der Waals surface area contributed by atoms with E-state index in [0.717, 1.165) is 24.5 Å². The molecule has 0 bridgehead atoms. The minimum absolute atomic E-state index is 0.500. The number of rotatable bonds is 4. The second-order valence-electron chi connectivity index (χ2n) is 4.85. The number of furan rings is 1. The molecule has 1 aliphatic rings. The van der Waals surface area contributed by atoms with Gasteiger partial charge in [-0.05, 0) is 24.0 Å². The zero-order valence-corrected chi connectivity index (χ0v) is 9.26. The van der Waals surface area contributed by atoms with Gasteiger partial charge in [0, 0.05) is 12.5 Å². The quantitative estimate of drug-likeness (QED) is 0.795. The lowest BCUT2D eigenvalue weighted by Gasteiger charge is -2.04. The Bertz CT molecular complexity index is 314. The summed E-state index contributed by atoms with van der Waals surface area (Å²) in [6.07, 6.45) is 2.27. The van der Waals surface area contributed by atoms with Gasteiger partial charge in [0.2, 0.25) is 0 Å². The SMILES string of the molecule is CCc1ccc(CNC2CC2(C)C)o1. The van der Waals surface area contributed by atoms with Crippen molar-refractivity contribution < 1.29 is 4.42 Å². The zero-order chi connectivity index (χ0) is 10.2. The summed E-state index contributed by atoms with van der Waals surface area (Å²) in [6.45, 7) is 7.57. The first-order valence-electron chi connectivity index (χ1n) is 5.43. The molecule has 2 rings (SSSR count). The largest absolute Gasteiger partial charge is 0.465 e. The Morgan fingerprint density at radius 2 is 2.07 bits per heavy atom. The first-order valence-corrected chi connectivity index (χ1v) is 5.43. The van der Waals surface area contributed by atoms with Crippen molar-refractivity contribution >= 4 is 0 Å². The van der Waals surface area contributed by atoms with Crippen LogP contribution in [0.4, 0.5) is 0 Å². The van der Waals surface area contributed by atoms with Crippen molar-refractivity contribution in [3.63, 3.8) is 0 Å². The van der Waals surface area contributed by atoms with Crippen LogP contribution in [0.3, 0.4) is 0 Å². The molecule has 0 aliphatic heterocycles. The third kappa shape index (κ3) is 2.01. The van der Waals surface area contributed by atoms with E-state index >= 15 is 0 Å².